The fraction of sp³-hybridized carbons (Fsp3) is 0.263. The third kappa shape index (κ3) is 6.94. The summed E-state index contributed by atoms with van der Waals surface area (Å²) in [4.78, 5) is 54.7. The summed E-state index contributed by atoms with van der Waals surface area (Å²) >= 11 is 0. The molecule has 48 heavy (non-hydrogen) atoms. The number of para-hydroxylation sites is 2. The zero-order chi connectivity index (χ0) is 33.8. The lowest BCUT2D eigenvalue weighted by atomic mass is 9.94. The van der Waals surface area contributed by atoms with Gasteiger partial charge in [0.25, 0.3) is 0 Å². The minimum absolute atomic E-state index is 0.134. The van der Waals surface area contributed by atoms with E-state index in [1.807, 2.05) is 91.0 Å². The lowest BCUT2D eigenvalue weighted by molar-refractivity contribution is -0.133. The molecule has 4 atom stereocenters. The number of Topliss-reactive ketones (excluding diaryl/α,β-unsaturated/α-hetero) is 1. The van der Waals surface area contributed by atoms with Gasteiger partial charge in [0.2, 0.25) is 11.8 Å². The topological polar surface area (TPSA) is 131 Å². The summed E-state index contributed by atoms with van der Waals surface area (Å²) in [5.74, 6) is -0.669. The fourth-order valence-electron chi connectivity index (χ4n) is 5.91. The van der Waals surface area contributed by atoms with Gasteiger partial charge < -0.3 is 25.4 Å². The largest absolute Gasteiger partial charge is 0.497 e. The highest BCUT2D eigenvalue weighted by molar-refractivity contribution is 6.13. The number of nitrogens with zero attached hydrogens (tertiary/aromatic N) is 1. The Kier molecular flexibility index (Phi) is 9.27. The molecule has 3 amide bonds. The standard InChI is InChI=1S/C38H38N4O6/c1-24(39-37(46)42-32-15-9-7-13-28(32)29-14-8-10-16-33(29)42)35(44)41-31(22-26-17-19-27(47-3)20-18-26)36(45)40-30(34(43)38(2)23-48-38)21-25-11-5-4-6-12-25/h4-20,24,30-31H,21-23H2,1-3H3,(H,39,46)(H,40,45)(H,41,44)/t24-,30-,31-,38+/m0/s1. The maximum Gasteiger partial charge on any atom is 0.327 e. The molecule has 10 heteroatoms. The molecule has 246 valence electrons. The lowest BCUT2D eigenvalue weighted by Gasteiger charge is -2.25. The summed E-state index contributed by atoms with van der Waals surface area (Å²) < 4.78 is 12.3. The van der Waals surface area contributed by atoms with Crippen LogP contribution in [0.1, 0.15) is 25.0 Å². The second-order valence-electron chi connectivity index (χ2n) is 12.3. The van der Waals surface area contributed by atoms with E-state index in [1.54, 1.807) is 37.7 Å². The number of benzene rings is 4. The smallest absolute Gasteiger partial charge is 0.327 e. The van der Waals surface area contributed by atoms with Crippen LogP contribution in [0.5, 0.6) is 5.75 Å². The maximum atomic E-state index is 13.9. The molecule has 2 heterocycles. The first kappa shape index (κ1) is 32.5. The molecule has 0 unspecified atom stereocenters. The molecule has 1 saturated heterocycles. The third-order valence-electron chi connectivity index (χ3n) is 8.76. The number of ether oxygens (including phenoxy) is 2. The summed E-state index contributed by atoms with van der Waals surface area (Å²) in [7, 11) is 1.56. The van der Waals surface area contributed by atoms with Crippen molar-refractivity contribution in [3.8, 4) is 5.75 Å². The van der Waals surface area contributed by atoms with E-state index < -0.39 is 41.6 Å². The Labute approximate surface area is 278 Å². The summed E-state index contributed by atoms with van der Waals surface area (Å²) in [6.07, 6.45) is 0.397. The quantitative estimate of drug-likeness (QED) is 0.170. The van der Waals surface area contributed by atoms with Crippen molar-refractivity contribution in [1.29, 1.82) is 0 Å². The summed E-state index contributed by atoms with van der Waals surface area (Å²) in [6, 6.07) is 28.3. The van der Waals surface area contributed by atoms with Crippen LogP contribution in [0, 0.1) is 0 Å². The van der Waals surface area contributed by atoms with Crippen molar-refractivity contribution in [1.82, 2.24) is 20.5 Å². The van der Waals surface area contributed by atoms with Crippen molar-refractivity contribution in [2.24, 2.45) is 0 Å². The number of rotatable bonds is 12. The van der Waals surface area contributed by atoms with E-state index in [0.29, 0.717) is 16.8 Å². The van der Waals surface area contributed by atoms with Crippen molar-refractivity contribution in [2.75, 3.05) is 13.7 Å². The molecule has 1 aliphatic rings. The number of carbonyl (C=O) groups excluding carboxylic acids is 4. The molecule has 0 radical (unpaired) electrons. The van der Waals surface area contributed by atoms with Crippen LogP contribution in [0.4, 0.5) is 4.79 Å². The number of carbonyl (C=O) groups is 4. The molecular formula is C38H38N4O6. The highest BCUT2D eigenvalue weighted by Gasteiger charge is 2.50. The zero-order valence-corrected chi connectivity index (χ0v) is 27.1. The Bertz CT molecular complexity index is 1910. The van der Waals surface area contributed by atoms with Crippen molar-refractivity contribution >= 4 is 45.4 Å². The highest BCUT2D eigenvalue weighted by atomic mass is 16.6. The van der Waals surface area contributed by atoms with Gasteiger partial charge in [-0.2, -0.15) is 0 Å². The SMILES string of the molecule is COc1ccc(C[C@H](NC(=O)[C@H](C)NC(=O)n2c3ccccc3c3ccccc32)C(=O)N[C@@H](Cc2ccccc2)C(=O)[C@@]2(C)CO2)cc1. The molecule has 1 aliphatic heterocycles. The summed E-state index contributed by atoms with van der Waals surface area (Å²) in [6.45, 7) is 3.55. The zero-order valence-electron chi connectivity index (χ0n) is 27.1. The van der Waals surface area contributed by atoms with E-state index in [1.165, 1.54) is 0 Å². The van der Waals surface area contributed by atoms with E-state index >= 15 is 0 Å². The molecular weight excluding hydrogens is 608 g/mol. The van der Waals surface area contributed by atoms with E-state index in [-0.39, 0.29) is 25.2 Å². The van der Waals surface area contributed by atoms with Crippen LogP contribution in [0.15, 0.2) is 103 Å². The van der Waals surface area contributed by atoms with Gasteiger partial charge in [0, 0.05) is 17.2 Å². The second kappa shape index (κ2) is 13.7. The van der Waals surface area contributed by atoms with E-state index in [9.17, 15) is 19.2 Å². The van der Waals surface area contributed by atoms with E-state index in [2.05, 4.69) is 16.0 Å². The minimum Gasteiger partial charge on any atom is -0.497 e. The van der Waals surface area contributed by atoms with Crippen LogP contribution in [-0.2, 0) is 32.0 Å². The Hall–Kier alpha value is -5.48. The average molecular weight is 647 g/mol. The number of hydrogen-bond donors (Lipinski definition) is 3. The van der Waals surface area contributed by atoms with Crippen molar-refractivity contribution in [3.63, 3.8) is 0 Å². The van der Waals surface area contributed by atoms with Crippen LogP contribution in [-0.4, -0.2) is 65.6 Å². The van der Waals surface area contributed by atoms with Gasteiger partial charge >= 0.3 is 6.03 Å². The van der Waals surface area contributed by atoms with Gasteiger partial charge in [-0.15, -0.1) is 0 Å². The van der Waals surface area contributed by atoms with Gasteiger partial charge in [0.1, 0.15) is 23.4 Å². The first-order chi connectivity index (χ1) is 23.2. The van der Waals surface area contributed by atoms with Gasteiger partial charge in [-0.25, -0.2) is 4.79 Å². The highest BCUT2D eigenvalue weighted by Crippen LogP contribution is 2.30. The van der Waals surface area contributed by atoms with Crippen LogP contribution in [0.25, 0.3) is 21.8 Å². The molecule has 0 aliphatic carbocycles. The number of epoxide rings is 1. The first-order valence-electron chi connectivity index (χ1n) is 15.9. The molecule has 0 spiro atoms. The van der Waals surface area contributed by atoms with Crippen molar-refractivity contribution < 1.29 is 28.7 Å². The Morgan fingerprint density at radius 1 is 0.729 bits per heavy atom. The number of aromatic nitrogens is 1. The van der Waals surface area contributed by atoms with Gasteiger partial charge in [0.05, 0.1) is 30.8 Å². The lowest BCUT2D eigenvalue weighted by Crippen LogP contribution is -2.57. The van der Waals surface area contributed by atoms with Crippen molar-refractivity contribution in [3.05, 3.63) is 114 Å². The van der Waals surface area contributed by atoms with Gasteiger partial charge in [-0.1, -0.05) is 78.9 Å². The Morgan fingerprint density at radius 2 is 1.25 bits per heavy atom. The molecule has 0 saturated carbocycles. The minimum atomic E-state index is -1.06. The Morgan fingerprint density at radius 3 is 1.83 bits per heavy atom. The van der Waals surface area contributed by atoms with Crippen LogP contribution >= 0.6 is 0 Å². The van der Waals surface area contributed by atoms with Crippen LogP contribution in [0.3, 0.4) is 0 Å². The summed E-state index contributed by atoms with van der Waals surface area (Å²) in [5.41, 5.74) is 2.10. The molecule has 6 rings (SSSR count). The predicted molar refractivity (Wildman–Crippen MR) is 183 cm³/mol. The van der Waals surface area contributed by atoms with Crippen LogP contribution < -0.4 is 20.7 Å². The molecule has 3 N–H and O–H groups in total. The molecule has 10 nitrogen and oxygen atoms in total. The molecule has 4 aromatic carbocycles. The fourth-order valence-corrected chi connectivity index (χ4v) is 5.91. The number of nitrogens with one attached hydrogen (secondary N) is 3. The molecule has 0 bridgehead atoms. The number of ketones is 1. The van der Waals surface area contributed by atoms with Gasteiger partial charge in [-0.3, -0.25) is 19.0 Å². The number of hydrogen-bond acceptors (Lipinski definition) is 6. The maximum absolute atomic E-state index is 13.9. The predicted octanol–water partition coefficient (Wildman–Crippen LogP) is 4.56. The normalized spacial score (nSPS) is 17.2. The number of methoxy groups -OCH3 is 1. The van der Waals surface area contributed by atoms with Crippen molar-refractivity contribution in [2.45, 2.75) is 50.4 Å². The summed E-state index contributed by atoms with van der Waals surface area (Å²) in [5, 5.41) is 10.4. The average Bonchev–Trinajstić information content (AvgIpc) is 3.77. The van der Waals surface area contributed by atoms with Crippen LogP contribution in [0.2, 0.25) is 0 Å². The second-order valence-corrected chi connectivity index (χ2v) is 12.3. The first-order valence-corrected chi connectivity index (χ1v) is 15.9. The number of amides is 3. The van der Waals surface area contributed by atoms with E-state index in [4.69, 9.17) is 9.47 Å². The monoisotopic (exact) mass is 646 g/mol. The number of fused-ring (bicyclic) bond motifs is 3. The molecule has 1 fully saturated rings. The Balaban J connectivity index is 1.22. The molecule has 1 aromatic heterocycles. The van der Waals surface area contributed by atoms with E-state index in [0.717, 1.165) is 21.9 Å². The van der Waals surface area contributed by atoms with Gasteiger partial charge in [0.15, 0.2) is 5.78 Å². The van der Waals surface area contributed by atoms with Gasteiger partial charge in [-0.05, 0) is 55.7 Å². The molecule has 5 aromatic rings. The third-order valence-corrected chi connectivity index (χ3v) is 8.76.